The van der Waals surface area contributed by atoms with Gasteiger partial charge in [0.15, 0.2) is 0 Å². The second kappa shape index (κ2) is 7.03. The van der Waals surface area contributed by atoms with Gasteiger partial charge in [0.1, 0.15) is 5.75 Å². The molecule has 0 saturated heterocycles. The first-order chi connectivity index (χ1) is 7.74. The van der Waals surface area contributed by atoms with E-state index in [4.69, 9.17) is 15.5 Å². The van der Waals surface area contributed by atoms with E-state index in [0.717, 1.165) is 5.56 Å². The van der Waals surface area contributed by atoms with Crippen LogP contribution in [0.15, 0.2) is 24.3 Å². The number of primary amides is 1. The zero-order chi connectivity index (χ0) is 13.5. The highest BCUT2D eigenvalue weighted by Crippen LogP contribution is 2.37. The fourth-order valence-electron chi connectivity index (χ4n) is 0.736. The Kier molecular flexibility index (Phi) is 6.45. The smallest absolute Gasteiger partial charge is 0.404 e. The topological polar surface area (TPSA) is 136 Å². The average Bonchev–Trinajstić information content (AvgIpc) is 2.20. The molecule has 7 nitrogen and oxygen atoms in total. The van der Waals surface area contributed by atoms with Gasteiger partial charge in [0.25, 0.3) is 0 Å². The molecule has 0 spiro atoms. The number of hydrogen-bond acceptors (Lipinski definition) is 4. The minimum atomic E-state index is -4.40. The van der Waals surface area contributed by atoms with E-state index in [9.17, 15) is 9.36 Å². The molecule has 1 aromatic carbocycles. The highest BCUT2D eigenvalue weighted by atomic mass is 31.2. The van der Waals surface area contributed by atoms with Crippen molar-refractivity contribution in [1.82, 2.24) is 0 Å². The van der Waals surface area contributed by atoms with Crippen molar-refractivity contribution in [1.29, 1.82) is 0 Å². The van der Waals surface area contributed by atoms with Crippen molar-refractivity contribution in [2.45, 2.75) is 6.92 Å². The Morgan fingerprint density at radius 3 is 2.06 bits per heavy atom. The molecule has 0 aromatic heterocycles. The van der Waals surface area contributed by atoms with Crippen molar-refractivity contribution in [3.63, 3.8) is 0 Å². The van der Waals surface area contributed by atoms with Crippen LogP contribution in [0.2, 0.25) is 0 Å². The van der Waals surface area contributed by atoms with Crippen molar-refractivity contribution in [2.75, 3.05) is 6.54 Å². The van der Waals surface area contributed by atoms with Crippen LogP contribution in [0.5, 0.6) is 5.75 Å². The molecule has 96 valence electrons. The van der Waals surface area contributed by atoms with Gasteiger partial charge in [-0.05, 0) is 19.1 Å². The predicted octanol–water partition coefficient (Wildman–Crippen LogP) is -0.103. The normalized spacial score (nSPS) is 10.1. The summed E-state index contributed by atoms with van der Waals surface area (Å²) in [6.07, 6.45) is 0. The van der Waals surface area contributed by atoms with Gasteiger partial charge in [-0.25, -0.2) is 4.57 Å². The average molecular weight is 262 g/mol. The number of carbonyl (C=O) groups excluding carboxylic acids is 1. The van der Waals surface area contributed by atoms with Gasteiger partial charge in [-0.2, -0.15) is 0 Å². The van der Waals surface area contributed by atoms with Gasteiger partial charge < -0.3 is 16.0 Å². The number of phosphoric acid groups is 1. The number of nitrogens with two attached hydrogens (primary N) is 2. The van der Waals surface area contributed by atoms with E-state index in [-0.39, 0.29) is 12.3 Å². The second-order valence-corrected chi connectivity index (χ2v) is 4.23. The molecule has 1 rings (SSSR count). The maximum atomic E-state index is 10.4. The van der Waals surface area contributed by atoms with Crippen LogP contribution in [-0.2, 0) is 9.36 Å². The lowest BCUT2D eigenvalue weighted by Gasteiger charge is -2.05. The number of hydrogen-bond donors (Lipinski definition) is 4. The summed E-state index contributed by atoms with van der Waals surface area (Å²) in [7, 11) is -4.40. The van der Waals surface area contributed by atoms with E-state index in [2.05, 4.69) is 10.3 Å². The lowest BCUT2D eigenvalue weighted by Crippen LogP contribution is -2.21. The van der Waals surface area contributed by atoms with Crippen LogP contribution in [-0.4, -0.2) is 22.2 Å². The minimum absolute atomic E-state index is 0.0556. The van der Waals surface area contributed by atoms with E-state index in [1.807, 2.05) is 6.92 Å². The number of rotatable bonds is 3. The predicted molar refractivity (Wildman–Crippen MR) is 62.1 cm³/mol. The highest BCUT2D eigenvalue weighted by Gasteiger charge is 2.14. The molecule has 0 aliphatic heterocycles. The van der Waals surface area contributed by atoms with Crippen molar-refractivity contribution >= 4 is 13.7 Å². The van der Waals surface area contributed by atoms with Gasteiger partial charge in [-0.1, -0.05) is 17.7 Å². The highest BCUT2D eigenvalue weighted by molar-refractivity contribution is 7.46. The monoisotopic (exact) mass is 262 g/mol. The SMILES string of the molecule is Cc1ccc(OP(=O)(O)O)cc1.NCC(N)=O. The Bertz CT molecular complexity index is 400. The molecule has 0 heterocycles. The Labute approximate surface area is 98.6 Å². The van der Waals surface area contributed by atoms with Crippen LogP contribution in [0.3, 0.4) is 0 Å². The van der Waals surface area contributed by atoms with Crippen molar-refractivity contribution in [2.24, 2.45) is 11.5 Å². The molecule has 6 N–H and O–H groups in total. The zero-order valence-corrected chi connectivity index (χ0v) is 10.1. The van der Waals surface area contributed by atoms with Crippen LogP contribution >= 0.6 is 7.82 Å². The molecule has 0 unspecified atom stereocenters. The lowest BCUT2D eigenvalue weighted by molar-refractivity contribution is -0.116. The third-order valence-electron chi connectivity index (χ3n) is 1.45. The molecule has 0 aliphatic carbocycles. The largest absolute Gasteiger partial charge is 0.524 e. The molecule has 8 heteroatoms. The molecule has 0 bridgehead atoms. The second-order valence-electron chi connectivity index (χ2n) is 3.07. The lowest BCUT2D eigenvalue weighted by atomic mass is 10.2. The van der Waals surface area contributed by atoms with Gasteiger partial charge >= 0.3 is 7.82 Å². The summed E-state index contributed by atoms with van der Waals surface area (Å²) >= 11 is 0. The molecular formula is C9H15N2O5P. The summed E-state index contributed by atoms with van der Waals surface area (Å²) in [5, 5.41) is 0. The van der Waals surface area contributed by atoms with E-state index in [1.165, 1.54) is 12.1 Å². The number of aryl methyl sites for hydroxylation is 1. The summed E-state index contributed by atoms with van der Waals surface area (Å²) in [5.74, 6) is -0.293. The van der Waals surface area contributed by atoms with Crippen molar-refractivity contribution < 1.29 is 23.7 Å². The number of benzene rings is 1. The Balaban J connectivity index is 0.000000437. The third kappa shape index (κ3) is 9.52. The van der Waals surface area contributed by atoms with Crippen LogP contribution in [0, 0.1) is 6.92 Å². The van der Waals surface area contributed by atoms with E-state index < -0.39 is 13.7 Å². The third-order valence-corrected chi connectivity index (χ3v) is 1.90. The van der Waals surface area contributed by atoms with Gasteiger partial charge in [0.05, 0.1) is 6.54 Å². The fraction of sp³-hybridized carbons (Fsp3) is 0.222. The molecule has 0 fully saturated rings. The van der Waals surface area contributed by atoms with Gasteiger partial charge in [0, 0.05) is 0 Å². The van der Waals surface area contributed by atoms with E-state index in [0.29, 0.717) is 0 Å². The quantitative estimate of drug-likeness (QED) is 0.561. The minimum Gasteiger partial charge on any atom is -0.404 e. The molecule has 0 aliphatic rings. The van der Waals surface area contributed by atoms with Crippen LogP contribution in [0.25, 0.3) is 0 Å². The van der Waals surface area contributed by atoms with Crippen LogP contribution in [0.4, 0.5) is 0 Å². The molecular weight excluding hydrogens is 247 g/mol. The summed E-state index contributed by atoms with van der Waals surface area (Å²) in [4.78, 5) is 26.3. The van der Waals surface area contributed by atoms with Crippen molar-refractivity contribution in [3.05, 3.63) is 29.8 Å². The summed E-state index contributed by atoms with van der Waals surface area (Å²) < 4.78 is 14.7. The van der Waals surface area contributed by atoms with Crippen molar-refractivity contribution in [3.8, 4) is 5.75 Å². The van der Waals surface area contributed by atoms with Crippen LogP contribution < -0.4 is 16.0 Å². The Morgan fingerprint density at radius 1 is 1.35 bits per heavy atom. The maximum Gasteiger partial charge on any atom is 0.524 e. The Morgan fingerprint density at radius 2 is 1.76 bits per heavy atom. The Hall–Kier alpha value is -1.40. The number of carbonyl (C=O) groups is 1. The van der Waals surface area contributed by atoms with Gasteiger partial charge in [-0.15, -0.1) is 0 Å². The number of phosphoric ester groups is 1. The van der Waals surface area contributed by atoms with Gasteiger partial charge in [-0.3, -0.25) is 14.6 Å². The maximum absolute atomic E-state index is 10.4. The standard InChI is InChI=1S/C7H9O4P.C2H6N2O/c1-6-2-4-7(5-3-6)11-12(8,9)10;3-1-2(4)5/h2-5H,1H3,(H2,8,9,10);1,3H2,(H2,4,5). The molecule has 0 saturated carbocycles. The first-order valence-corrected chi connectivity index (χ1v) is 6.08. The molecule has 0 radical (unpaired) electrons. The summed E-state index contributed by atoms with van der Waals surface area (Å²) in [6, 6.07) is 6.44. The molecule has 0 atom stereocenters. The van der Waals surface area contributed by atoms with Crippen LogP contribution in [0.1, 0.15) is 5.56 Å². The summed E-state index contributed by atoms with van der Waals surface area (Å²) in [6.45, 7) is 1.82. The van der Waals surface area contributed by atoms with E-state index >= 15 is 0 Å². The zero-order valence-electron chi connectivity index (χ0n) is 9.24. The molecule has 1 aromatic rings. The molecule has 1 amide bonds. The first-order valence-electron chi connectivity index (χ1n) is 4.55. The number of amides is 1. The first kappa shape index (κ1) is 15.6. The van der Waals surface area contributed by atoms with Gasteiger partial charge in [0.2, 0.25) is 5.91 Å². The molecule has 17 heavy (non-hydrogen) atoms. The van der Waals surface area contributed by atoms with E-state index in [1.54, 1.807) is 12.1 Å². The summed E-state index contributed by atoms with van der Waals surface area (Å²) in [5.41, 5.74) is 10.2. The fourth-order valence-corrected chi connectivity index (χ4v) is 1.13.